The highest BCUT2D eigenvalue weighted by Gasteiger charge is 2.22. The van der Waals surface area contributed by atoms with Gasteiger partial charge >= 0.3 is 10.1 Å². The van der Waals surface area contributed by atoms with E-state index >= 15 is 0 Å². The summed E-state index contributed by atoms with van der Waals surface area (Å²) in [6.07, 6.45) is 2.27. The molecule has 186 valence electrons. The maximum absolute atomic E-state index is 12.8. The third-order valence-electron chi connectivity index (χ3n) is 5.13. The molecule has 0 saturated heterocycles. The van der Waals surface area contributed by atoms with Gasteiger partial charge in [-0.2, -0.15) is 13.7 Å². The average Bonchev–Trinajstić information content (AvgIpc) is 2.85. The summed E-state index contributed by atoms with van der Waals surface area (Å²) >= 11 is 3.34. The van der Waals surface area contributed by atoms with Crippen molar-refractivity contribution in [3.8, 4) is 17.6 Å². The number of nitrogens with one attached hydrogen (secondary N) is 1. The smallest absolute Gasteiger partial charge is 0.339 e. The molecule has 7 nitrogen and oxygen atoms in total. The van der Waals surface area contributed by atoms with Crippen LogP contribution in [-0.2, 0) is 21.3 Å². The number of benzene rings is 3. The summed E-state index contributed by atoms with van der Waals surface area (Å²) in [5, 5.41) is 12.3. The number of rotatable bonds is 9. The molecule has 0 atom stereocenters. The zero-order chi connectivity index (χ0) is 26.3. The van der Waals surface area contributed by atoms with Crippen molar-refractivity contribution in [3.63, 3.8) is 0 Å². The third-order valence-corrected chi connectivity index (χ3v) is 6.96. The first-order chi connectivity index (χ1) is 17.2. The summed E-state index contributed by atoms with van der Waals surface area (Å²) in [5.41, 5.74) is 2.92. The predicted molar refractivity (Wildman–Crippen MR) is 142 cm³/mol. The van der Waals surface area contributed by atoms with Gasteiger partial charge in [-0.3, -0.25) is 4.79 Å². The van der Waals surface area contributed by atoms with Gasteiger partial charge in [-0.05, 0) is 89.8 Å². The minimum Gasteiger partial charge on any atom is -0.490 e. The highest BCUT2D eigenvalue weighted by molar-refractivity contribution is 9.10. The van der Waals surface area contributed by atoms with Gasteiger partial charge in [0.2, 0.25) is 0 Å². The molecule has 0 saturated carbocycles. The Bertz CT molecular complexity index is 1420. The molecule has 0 aliphatic heterocycles. The van der Waals surface area contributed by atoms with Crippen molar-refractivity contribution >= 4 is 43.7 Å². The monoisotopic (exact) mass is 568 g/mol. The second kappa shape index (κ2) is 11.9. The number of anilines is 1. The minimum atomic E-state index is -4.13. The zero-order valence-electron chi connectivity index (χ0n) is 20.0. The summed E-state index contributed by atoms with van der Waals surface area (Å²) < 4.78 is 37.0. The Morgan fingerprint density at radius 2 is 1.75 bits per heavy atom. The average molecular weight is 569 g/mol. The van der Waals surface area contributed by atoms with Crippen LogP contribution in [0, 0.1) is 18.3 Å². The van der Waals surface area contributed by atoms with Crippen molar-refractivity contribution in [1.29, 1.82) is 5.26 Å². The van der Waals surface area contributed by atoms with Crippen LogP contribution >= 0.6 is 15.9 Å². The number of ether oxygens (including phenoxy) is 1. The molecule has 0 bridgehead atoms. The number of nitriles is 1. The van der Waals surface area contributed by atoms with E-state index in [2.05, 4.69) is 21.2 Å². The van der Waals surface area contributed by atoms with Gasteiger partial charge in [-0.15, -0.1) is 0 Å². The van der Waals surface area contributed by atoms with Gasteiger partial charge in [0.1, 0.15) is 16.5 Å². The van der Waals surface area contributed by atoms with E-state index in [0.29, 0.717) is 11.3 Å². The number of carbonyl (C=O) groups excluding carboxylic acids is 1. The molecule has 3 aromatic rings. The second-order valence-corrected chi connectivity index (χ2v) is 10.2. The van der Waals surface area contributed by atoms with Crippen LogP contribution in [0.15, 0.2) is 75.6 Å². The fraction of sp³-hybridized carbons (Fsp3) is 0.185. The molecule has 9 heteroatoms. The van der Waals surface area contributed by atoms with Crippen LogP contribution in [0.1, 0.15) is 30.5 Å². The molecule has 3 aromatic carbocycles. The molecule has 1 amide bonds. The van der Waals surface area contributed by atoms with Crippen molar-refractivity contribution in [2.75, 3.05) is 11.9 Å². The largest absolute Gasteiger partial charge is 0.490 e. The van der Waals surface area contributed by atoms with E-state index in [1.165, 1.54) is 24.3 Å². The first kappa shape index (κ1) is 27.0. The molecule has 0 heterocycles. The van der Waals surface area contributed by atoms with Crippen LogP contribution in [-0.4, -0.2) is 20.9 Å². The molecule has 3 rings (SSSR count). The normalized spacial score (nSPS) is 11.5. The highest BCUT2D eigenvalue weighted by atomic mass is 79.9. The van der Waals surface area contributed by atoms with Gasteiger partial charge in [0.15, 0.2) is 11.5 Å². The quantitative estimate of drug-likeness (QED) is 0.192. The van der Waals surface area contributed by atoms with Crippen LogP contribution in [0.5, 0.6) is 11.5 Å². The van der Waals surface area contributed by atoms with Gasteiger partial charge in [-0.25, -0.2) is 0 Å². The number of hydrogen-bond donors (Lipinski definition) is 1. The van der Waals surface area contributed by atoms with Crippen molar-refractivity contribution in [2.24, 2.45) is 0 Å². The SMILES string of the molecule is CCOc1cc(/C=C(\C#N)C(=O)Nc2ccc(CC)cc2)cc(Br)c1OS(=O)(=O)c1ccc(C)cc1. The topological polar surface area (TPSA) is 105 Å². The maximum Gasteiger partial charge on any atom is 0.339 e. The van der Waals surface area contributed by atoms with Crippen LogP contribution in [0.3, 0.4) is 0 Å². The minimum absolute atomic E-state index is 0.00169. The summed E-state index contributed by atoms with van der Waals surface area (Å²) in [7, 11) is -4.13. The van der Waals surface area contributed by atoms with Gasteiger partial charge in [0, 0.05) is 5.69 Å². The molecule has 0 radical (unpaired) electrons. The number of amides is 1. The van der Waals surface area contributed by atoms with Gasteiger partial charge < -0.3 is 14.2 Å². The lowest BCUT2D eigenvalue weighted by Crippen LogP contribution is -2.13. The van der Waals surface area contributed by atoms with Crippen LogP contribution < -0.4 is 14.2 Å². The Labute approximate surface area is 219 Å². The lowest BCUT2D eigenvalue weighted by molar-refractivity contribution is -0.112. The van der Waals surface area contributed by atoms with Crippen molar-refractivity contribution < 1.29 is 22.1 Å². The van der Waals surface area contributed by atoms with Crippen LogP contribution in [0.25, 0.3) is 6.08 Å². The molecule has 1 N–H and O–H groups in total. The highest BCUT2D eigenvalue weighted by Crippen LogP contribution is 2.39. The molecule has 0 unspecified atom stereocenters. The summed E-state index contributed by atoms with van der Waals surface area (Å²) in [6.45, 7) is 5.87. The van der Waals surface area contributed by atoms with Gasteiger partial charge in [0.05, 0.1) is 11.1 Å². The number of hydrogen-bond acceptors (Lipinski definition) is 6. The fourth-order valence-corrected chi connectivity index (χ4v) is 4.82. The first-order valence-corrected chi connectivity index (χ1v) is 13.4. The van der Waals surface area contributed by atoms with Crippen molar-refractivity contribution in [3.05, 3.63) is 87.4 Å². The van der Waals surface area contributed by atoms with E-state index in [0.717, 1.165) is 17.5 Å². The van der Waals surface area contributed by atoms with E-state index in [1.807, 2.05) is 32.0 Å². The standard InChI is InChI=1S/C27H25BrN2O5S/c1-4-19-8-10-22(11-9-19)30-27(31)21(17-29)14-20-15-24(28)26(25(16-20)34-5-2)35-36(32,33)23-12-6-18(3)7-13-23/h6-16H,4-5H2,1-3H3,(H,30,31)/b21-14+. The lowest BCUT2D eigenvalue weighted by Gasteiger charge is -2.15. The van der Waals surface area contributed by atoms with Gasteiger partial charge in [-0.1, -0.05) is 36.8 Å². The molecule has 0 aromatic heterocycles. The van der Waals surface area contributed by atoms with Crippen molar-refractivity contribution in [1.82, 2.24) is 0 Å². The van der Waals surface area contributed by atoms with E-state index in [-0.39, 0.29) is 33.0 Å². The molecule has 0 fully saturated rings. The Hall–Kier alpha value is -3.61. The molecular formula is C27H25BrN2O5S. The number of aryl methyl sites for hydroxylation is 2. The third kappa shape index (κ3) is 6.74. The van der Waals surface area contributed by atoms with E-state index in [1.54, 1.807) is 37.3 Å². The fourth-order valence-electron chi connectivity index (χ4n) is 3.22. The number of halogens is 1. The predicted octanol–water partition coefficient (Wildman–Crippen LogP) is 6.03. The molecule has 0 spiro atoms. The van der Waals surface area contributed by atoms with E-state index in [4.69, 9.17) is 8.92 Å². The Morgan fingerprint density at radius 1 is 1.08 bits per heavy atom. The van der Waals surface area contributed by atoms with E-state index < -0.39 is 16.0 Å². The first-order valence-electron chi connectivity index (χ1n) is 11.2. The van der Waals surface area contributed by atoms with E-state index in [9.17, 15) is 18.5 Å². The maximum atomic E-state index is 12.8. The number of nitrogens with zero attached hydrogens (tertiary/aromatic N) is 1. The Morgan fingerprint density at radius 3 is 2.33 bits per heavy atom. The van der Waals surface area contributed by atoms with Gasteiger partial charge in [0.25, 0.3) is 5.91 Å². The lowest BCUT2D eigenvalue weighted by atomic mass is 10.1. The molecular weight excluding hydrogens is 544 g/mol. The Balaban J connectivity index is 1.91. The molecule has 36 heavy (non-hydrogen) atoms. The van der Waals surface area contributed by atoms with Crippen LogP contribution in [0.4, 0.5) is 5.69 Å². The van der Waals surface area contributed by atoms with Crippen LogP contribution in [0.2, 0.25) is 0 Å². The summed E-state index contributed by atoms with van der Waals surface area (Å²) in [5.74, 6) is -0.465. The zero-order valence-corrected chi connectivity index (χ0v) is 22.4. The number of carbonyl (C=O) groups is 1. The molecule has 0 aliphatic carbocycles. The van der Waals surface area contributed by atoms with Crippen molar-refractivity contribution in [2.45, 2.75) is 32.1 Å². The Kier molecular flexibility index (Phi) is 8.91. The summed E-state index contributed by atoms with van der Waals surface area (Å²) in [6, 6.07) is 18.6. The summed E-state index contributed by atoms with van der Waals surface area (Å²) in [4.78, 5) is 12.7. The molecule has 0 aliphatic rings. The second-order valence-electron chi connectivity index (χ2n) is 7.79.